The monoisotopic (exact) mass is 268 g/mol. The predicted octanol–water partition coefficient (Wildman–Crippen LogP) is 3.13. The summed E-state index contributed by atoms with van der Waals surface area (Å²) >= 11 is 0. The van der Waals surface area contributed by atoms with Gasteiger partial charge in [0.15, 0.2) is 6.17 Å². The molecule has 3 unspecified atom stereocenters. The second-order valence-corrected chi connectivity index (χ2v) is 4.57. The molecule has 3 atom stereocenters. The van der Waals surface area contributed by atoms with E-state index in [1.165, 1.54) is 19.1 Å². The summed E-state index contributed by atoms with van der Waals surface area (Å²) < 4.78 is 33.4. The van der Waals surface area contributed by atoms with Crippen LogP contribution in [0.25, 0.3) is 6.08 Å². The Labute approximate surface area is 109 Å². The number of carboxylic acid groups (broad SMARTS) is 1. The highest BCUT2D eigenvalue weighted by atomic mass is 19.2. The molecule has 0 amide bonds. The van der Waals surface area contributed by atoms with Gasteiger partial charge in [-0.05, 0) is 24.1 Å². The van der Waals surface area contributed by atoms with Gasteiger partial charge >= 0.3 is 5.97 Å². The van der Waals surface area contributed by atoms with E-state index in [1.54, 1.807) is 18.2 Å². The van der Waals surface area contributed by atoms with Gasteiger partial charge in [0.05, 0.1) is 12.5 Å². The maximum atomic E-state index is 14.4. The molecule has 0 fully saturated rings. The SMILES string of the molecule is CC(COC1(F)C=Cc2ccccc2C1F)C(=O)O. The predicted molar refractivity (Wildman–Crippen MR) is 65.9 cm³/mol. The number of alkyl halides is 2. The number of hydrogen-bond acceptors (Lipinski definition) is 2. The van der Waals surface area contributed by atoms with Crippen molar-refractivity contribution in [1.82, 2.24) is 0 Å². The van der Waals surface area contributed by atoms with E-state index in [9.17, 15) is 13.6 Å². The highest BCUT2D eigenvalue weighted by molar-refractivity contribution is 5.69. The van der Waals surface area contributed by atoms with Gasteiger partial charge in [0, 0.05) is 0 Å². The van der Waals surface area contributed by atoms with Crippen molar-refractivity contribution in [3.8, 4) is 0 Å². The zero-order valence-electron chi connectivity index (χ0n) is 10.3. The van der Waals surface area contributed by atoms with Crippen molar-refractivity contribution >= 4 is 12.0 Å². The van der Waals surface area contributed by atoms with Gasteiger partial charge in [0.2, 0.25) is 0 Å². The normalized spacial score (nSPS) is 26.8. The van der Waals surface area contributed by atoms with Crippen LogP contribution in [0.4, 0.5) is 8.78 Å². The van der Waals surface area contributed by atoms with Gasteiger partial charge < -0.3 is 9.84 Å². The van der Waals surface area contributed by atoms with E-state index in [2.05, 4.69) is 0 Å². The smallest absolute Gasteiger partial charge is 0.308 e. The maximum absolute atomic E-state index is 14.4. The summed E-state index contributed by atoms with van der Waals surface area (Å²) in [6.45, 7) is 0.984. The first kappa shape index (κ1) is 13.7. The molecule has 0 radical (unpaired) electrons. The minimum Gasteiger partial charge on any atom is -0.481 e. The fraction of sp³-hybridized carbons (Fsp3) is 0.357. The van der Waals surface area contributed by atoms with Crippen molar-refractivity contribution in [2.75, 3.05) is 6.61 Å². The molecule has 0 heterocycles. The first-order valence-electron chi connectivity index (χ1n) is 5.92. The molecule has 1 N–H and O–H groups in total. The molecular formula is C14H14F2O3. The van der Waals surface area contributed by atoms with Gasteiger partial charge in [-0.1, -0.05) is 30.3 Å². The lowest BCUT2D eigenvalue weighted by Crippen LogP contribution is -2.35. The Morgan fingerprint density at radius 3 is 2.89 bits per heavy atom. The van der Waals surface area contributed by atoms with Crippen LogP contribution in [0, 0.1) is 5.92 Å². The Kier molecular flexibility index (Phi) is 3.66. The average molecular weight is 268 g/mol. The van der Waals surface area contributed by atoms with Crippen LogP contribution in [-0.4, -0.2) is 23.5 Å². The minimum absolute atomic E-state index is 0.204. The third-order valence-corrected chi connectivity index (χ3v) is 3.08. The molecule has 1 aliphatic carbocycles. The van der Waals surface area contributed by atoms with Crippen molar-refractivity contribution in [3.63, 3.8) is 0 Å². The third kappa shape index (κ3) is 2.66. The van der Waals surface area contributed by atoms with Crippen molar-refractivity contribution < 1.29 is 23.4 Å². The molecule has 5 heteroatoms. The highest BCUT2D eigenvalue weighted by Gasteiger charge is 2.43. The number of rotatable bonds is 4. The molecule has 0 aromatic heterocycles. The molecule has 2 rings (SSSR count). The van der Waals surface area contributed by atoms with Crippen molar-refractivity contribution in [1.29, 1.82) is 0 Å². The number of ether oxygens (including phenoxy) is 1. The van der Waals surface area contributed by atoms with Gasteiger partial charge in [-0.2, -0.15) is 0 Å². The Balaban J connectivity index is 2.16. The van der Waals surface area contributed by atoms with Gasteiger partial charge in [-0.15, -0.1) is 0 Å². The van der Waals surface area contributed by atoms with Gasteiger partial charge in [-0.3, -0.25) is 4.79 Å². The number of halogens is 2. The lowest BCUT2D eigenvalue weighted by atomic mass is 9.92. The van der Waals surface area contributed by atoms with Crippen LogP contribution < -0.4 is 0 Å². The Morgan fingerprint density at radius 1 is 1.53 bits per heavy atom. The van der Waals surface area contributed by atoms with Crippen molar-refractivity contribution in [3.05, 3.63) is 41.5 Å². The standard InChI is InChI=1S/C14H14F2O3/c1-9(13(17)18)8-19-14(16)7-6-10-4-2-3-5-11(10)12(14)15/h2-7,9,12H,8H2,1H3,(H,17,18). The molecule has 0 bridgehead atoms. The molecule has 19 heavy (non-hydrogen) atoms. The lowest BCUT2D eigenvalue weighted by Gasteiger charge is -2.30. The molecule has 0 saturated heterocycles. The van der Waals surface area contributed by atoms with Crippen LogP contribution in [0.15, 0.2) is 30.3 Å². The average Bonchev–Trinajstić information content (AvgIpc) is 2.41. The molecule has 1 aliphatic rings. The van der Waals surface area contributed by atoms with Gasteiger partial charge in [-0.25, -0.2) is 8.78 Å². The van der Waals surface area contributed by atoms with Crippen molar-refractivity contribution in [2.24, 2.45) is 5.92 Å². The number of carboxylic acids is 1. The van der Waals surface area contributed by atoms with E-state index in [0.717, 1.165) is 6.08 Å². The second-order valence-electron chi connectivity index (χ2n) is 4.57. The molecule has 3 nitrogen and oxygen atoms in total. The number of fused-ring (bicyclic) bond motifs is 1. The Bertz CT molecular complexity index is 515. The largest absolute Gasteiger partial charge is 0.481 e. The summed E-state index contributed by atoms with van der Waals surface area (Å²) in [6, 6.07) is 6.51. The number of carbonyl (C=O) groups is 1. The molecule has 102 valence electrons. The van der Waals surface area contributed by atoms with E-state index in [0.29, 0.717) is 5.56 Å². The van der Waals surface area contributed by atoms with Crippen LogP contribution in [0.5, 0.6) is 0 Å². The van der Waals surface area contributed by atoms with E-state index in [-0.39, 0.29) is 5.56 Å². The quantitative estimate of drug-likeness (QED) is 0.912. The summed E-state index contributed by atoms with van der Waals surface area (Å²) in [4.78, 5) is 10.6. The summed E-state index contributed by atoms with van der Waals surface area (Å²) in [5, 5.41) is 8.70. The van der Waals surface area contributed by atoms with E-state index in [4.69, 9.17) is 9.84 Å². The topological polar surface area (TPSA) is 46.5 Å². The molecule has 1 aromatic rings. The number of benzene rings is 1. The highest BCUT2D eigenvalue weighted by Crippen LogP contribution is 2.41. The molecule has 1 aromatic carbocycles. The zero-order valence-corrected chi connectivity index (χ0v) is 10.3. The molecular weight excluding hydrogens is 254 g/mol. The van der Waals surface area contributed by atoms with E-state index < -0.39 is 30.5 Å². The summed E-state index contributed by atoms with van der Waals surface area (Å²) in [5.41, 5.74) is 0.800. The third-order valence-electron chi connectivity index (χ3n) is 3.08. The Morgan fingerprint density at radius 2 is 2.21 bits per heavy atom. The van der Waals surface area contributed by atoms with Crippen LogP contribution in [0.1, 0.15) is 24.2 Å². The summed E-state index contributed by atoms with van der Waals surface area (Å²) in [5.74, 6) is -4.62. The first-order valence-corrected chi connectivity index (χ1v) is 5.92. The van der Waals surface area contributed by atoms with Gasteiger partial charge in [0.1, 0.15) is 0 Å². The molecule has 0 aliphatic heterocycles. The van der Waals surface area contributed by atoms with Crippen LogP contribution in [0.3, 0.4) is 0 Å². The molecule has 0 spiro atoms. The summed E-state index contributed by atoms with van der Waals surface area (Å²) in [6.07, 6.45) is 0.473. The fourth-order valence-electron chi connectivity index (χ4n) is 1.84. The van der Waals surface area contributed by atoms with Gasteiger partial charge in [0.25, 0.3) is 5.85 Å². The second kappa shape index (κ2) is 5.09. The lowest BCUT2D eigenvalue weighted by molar-refractivity contribution is -0.170. The fourth-order valence-corrected chi connectivity index (χ4v) is 1.84. The van der Waals surface area contributed by atoms with E-state index >= 15 is 0 Å². The number of hydrogen-bond donors (Lipinski definition) is 1. The summed E-state index contributed by atoms with van der Waals surface area (Å²) in [7, 11) is 0. The van der Waals surface area contributed by atoms with E-state index in [1.807, 2.05) is 0 Å². The Hall–Kier alpha value is -1.75. The minimum atomic E-state index is -2.61. The van der Waals surface area contributed by atoms with Crippen LogP contribution in [0.2, 0.25) is 0 Å². The van der Waals surface area contributed by atoms with Crippen molar-refractivity contribution in [2.45, 2.75) is 19.0 Å². The zero-order chi connectivity index (χ0) is 14.0. The number of aliphatic carboxylic acids is 1. The first-order chi connectivity index (χ1) is 8.94. The maximum Gasteiger partial charge on any atom is 0.308 e. The molecule has 0 saturated carbocycles. The van der Waals surface area contributed by atoms with Crippen LogP contribution in [-0.2, 0) is 9.53 Å². The van der Waals surface area contributed by atoms with Crippen LogP contribution >= 0.6 is 0 Å².